The smallest absolute Gasteiger partial charge is 0.299 e. The Morgan fingerprint density at radius 2 is 2.15 bits per heavy atom. The monoisotopic (exact) mass is 294 g/mol. The molecule has 1 aromatic rings. The van der Waals surface area contributed by atoms with E-state index in [2.05, 4.69) is 10.5 Å². The lowest BCUT2D eigenvalue weighted by Crippen LogP contribution is -2.31. The number of ether oxygens (including phenoxy) is 2. The van der Waals surface area contributed by atoms with Crippen molar-refractivity contribution in [1.82, 2.24) is 5.43 Å². The second-order valence-electron chi connectivity index (χ2n) is 4.21. The number of carbonyl (C=O) groups excluding carboxylic acids is 1. The first kappa shape index (κ1) is 14.7. The third-order valence-corrected chi connectivity index (χ3v) is 4.10. The molecule has 1 aromatic carbocycles. The zero-order valence-corrected chi connectivity index (χ0v) is 12.6. The average molecular weight is 294 g/mol. The number of hydrogen-bond acceptors (Lipinski definition) is 5. The van der Waals surface area contributed by atoms with Crippen molar-refractivity contribution in [1.29, 1.82) is 0 Å². The van der Waals surface area contributed by atoms with Gasteiger partial charge in [-0.25, -0.2) is 5.43 Å². The van der Waals surface area contributed by atoms with Crippen LogP contribution in [0.5, 0.6) is 11.5 Å². The van der Waals surface area contributed by atoms with Crippen molar-refractivity contribution >= 4 is 22.7 Å². The van der Waals surface area contributed by atoms with Crippen molar-refractivity contribution in [3.8, 4) is 11.5 Å². The minimum absolute atomic E-state index is 0.0615. The summed E-state index contributed by atoms with van der Waals surface area (Å²) in [4.78, 5) is 11.4. The summed E-state index contributed by atoms with van der Waals surface area (Å²) < 4.78 is 10.8. The molecule has 1 atom stereocenters. The van der Waals surface area contributed by atoms with Crippen molar-refractivity contribution in [3.05, 3.63) is 23.8 Å². The maximum atomic E-state index is 11.4. The van der Waals surface area contributed by atoms with Gasteiger partial charge < -0.3 is 9.47 Å². The number of thioether (sulfide) groups is 1. The lowest BCUT2D eigenvalue weighted by molar-refractivity contribution is 0.260. The number of amides is 1. The third kappa shape index (κ3) is 3.07. The van der Waals surface area contributed by atoms with E-state index in [1.165, 1.54) is 11.8 Å². The lowest BCUT2D eigenvalue weighted by Gasteiger charge is -2.21. The Morgan fingerprint density at radius 3 is 2.80 bits per heavy atom. The Labute approximate surface area is 122 Å². The van der Waals surface area contributed by atoms with Crippen LogP contribution in [0.15, 0.2) is 23.3 Å². The van der Waals surface area contributed by atoms with E-state index in [1.54, 1.807) is 7.11 Å². The molecule has 0 saturated heterocycles. The van der Waals surface area contributed by atoms with Crippen molar-refractivity contribution in [2.75, 3.05) is 13.7 Å². The highest BCUT2D eigenvalue weighted by molar-refractivity contribution is 8.14. The molecule has 1 unspecified atom stereocenters. The molecule has 6 heteroatoms. The molecule has 1 amide bonds. The van der Waals surface area contributed by atoms with E-state index in [1.807, 2.05) is 32.0 Å². The van der Waals surface area contributed by atoms with Gasteiger partial charge in [0.05, 0.1) is 24.7 Å². The molecule has 1 heterocycles. The summed E-state index contributed by atoms with van der Waals surface area (Å²) in [5.74, 6) is 1.38. The molecular formula is C14H18N2O3S. The first-order chi connectivity index (χ1) is 9.69. The van der Waals surface area contributed by atoms with Gasteiger partial charge in [0.15, 0.2) is 11.5 Å². The van der Waals surface area contributed by atoms with Crippen LogP contribution in [-0.2, 0) is 0 Å². The molecule has 0 aliphatic carbocycles. The Kier molecular flexibility index (Phi) is 4.89. The van der Waals surface area contributed by atoms with Crippen LogP contribution in [0.3, 0.4) is 0 Å². The van der Waals surface area contributed by atoms with E-state index in [0.717, 1.165) is 17.7 Å². The molecular weight excluding hydrogens is 276 g/mol. The van der Waals surface area contributed by atoms with E-state index in [0.29, 0.717) is 18.1 Å². The molecule has 5 nitrogen and oxygen atoms in total. The molecule has 0 spiro atoms. The fourth-order valence-corrected chi connectivity index (χ4v) is 2.84. The van der Waals surface area contributed by atoms with Gasteiger partial charge in [0.25, 0.3) is 5.24 Å². The Balaban J connectivity index is 2.34. The maximum Gasteiger partial charge on any atom is 0.299 e. The van der Waals surface area contributed by atoms with Crippen molar-refractivity contribution in [2.45, 2.75) is 25.5 Å². The van der Waals surface area contributed by atoms with Gasteiger partial charge in [0.2, 0.25) is 0 Å². The highest BCUT2D eigenvalue weighted by Crippen LogP contribution is 2.31. The van der Waals surface area contributed by atoms with E-state index in [-0.39, 0.29) is 10.5 Å². The van der Waals surface area contributed by atoms with E-state index >= 15 is 0 Å². The summed E-state index contributed by atoms with van der Waals surface area (Å²) in [5.41, 5.74) is 4.31. The lowest BCUT2D eigenvalue weighted by atomic mass is 10.0. The molecule has 108 valence electrons. The summed E-state index contributed by atoms with van der Waals surface area (Å²) in [6.07, 6.45) is 0.840. The topological polar surface area (TPSA) is 59.9 Å². The van der Waals surface area contributed by atoms with Gasteiger partial charge in [-0.3, -0.25) is 4.79 Å². The van der Waals surface area contributed by atoms with Crippen LogP contribution in [0.1, 0.15) is 25.8 Å². The summed E-state index contributed by atoms with van der Waals surface area (Å²) in [7, 11) is 1.61. The van der Waals surface area contributed by atoms with Crippen molar-refractivity contribution in [3.63, 3.8) is 0 Å². The molecule has 0 aromatic heterocycles. The second kappa shape index (κ2) is 6.65. The zero-order valence-electron chi connectivity index (χ0n) is 11.8. The third-order valence-electron chi connectivity index (χ3n) is 2.95. The first-order valence-electron chi connectivity index (χ1n) is 6.55. The van der Waals surface area contributed by atoms with E-state index in [4.69, 9.17) is 9.47 Å². The predicted molar refractivity (Wildman–Crippen MR) is 80.9 cm³/mol. The standard InChI is InChI=1S/C14H18N2O3S/c1-4-12-13(15-16-14(17)20-12)9-6-7-10(19-5-2)11(8-9)18-3/h6-8,12H,4-5H2,1-3H3,(H,16,17). The first-order valence-corrected chi connectivity index (χ1v) is 7.43. The van der Waals surface area contributed by atoms with Crippen LogP contribution >= 0.6 is 11.8 Å². The minimum atomic E-state index is -0.112. The van der Waals surface area contributed by atoms with E-state index < -0.39 is 0 Å². The van der Waals surface area contributed by atoms with Gasteiger partial charge in [-0.1, -0.05) is 18.7 Å². The van der Waals surface area contributed by atoms with Crippen LogP contribution in [-0.4, -0.2) is 29.9 Å². The van der Waals surface area contributed by atoms with Crippen LogP contribution in [0.2, 0.25) is 0 Å². The maximum absolute atomic E-state index is 11.4. The van der Waals surface area contributed by atoms with E-state index in [9.17, 15) is 4.79 Å². The number of hydrazone groups is 1. The Hall–Kier alpha value is -1.69. The number of rotatable bonds is 5. The second-order valence-corrected chi connectivity index (χ2v) is 5.39. The van der Waals surface area contributed by atoms with Crippen LogP contribution < -0.4 is 14.9 Å². The molecule has 0 radical (unpaired) electrons. The number of nitrogens with one attached hydrogen (secondary N) is 1. The van der Waals surface area contributed by atoms with Crippen molar-refractivity contribution in [2.24, 2.45) is 5.10 Å². The molecule has 2 rings (SSSR count). The quantitative estimate of drug-likeness (QED) is 0.906. The molecule has 0 bridgehead atoms. The zero-order chi connectivity index (χ0) is 14.5. The molecule has 1 aliphatic heterocycles. The van der Waals surface area contributed by atoms with Gasteiger partial charge in [-0.15, -0.1) is 0 Å². The normalized spacial score (nSPS) is 18.2. The Morgan fingerprint density at radius 1 is 1.35 bits per heavy atom. The average Bonchev–Trinajstić information content (AvgIpc) is 2.48. The molecule has 1 aliphatic rings. The summed E-state index contributed by atoms with van der Waals surface area (Å²) in [6.45, 7) is 4.55. The number of nitrogens with zero attached hydrogens (tertiary/aromatic N) is 1. The minimum Gasteiger partial charge on any atom is -0.493 e. The summed E-state index contributed by atoms with van der Waals surface area (Å²) >= 11 is 1.26. The summed E-state index contributed by atoms with van der Waals surface area (Å²) in [6, 6.07) is 5.70. The molecule has 1 N–H and O–H groups in total. The molecule has 0 fully saturated rings. The van der Waals surface area contributed by atoms with Crippen LogP contribution in [0, 0.1) is 0 Å². The number of carbonyl (C=O) groups is 1. The van der Waals surface area contributed by atoms with Crippen LogP contribution in [0.25, 0.3) is 0 Å². The molecule has 20 heavy (non-hydrogen) atoms. The van der Waals surface area contributed by atoms with Crippen molar-refractivity contribution < 1.29 is 14.3 Å². The largest absolute Gasteiger partial charge is 0.493 e. The number of hydrogen-bond donors (Lipinski definition) is 1. The fourth-order valence-electron chi connectivity index (χ4n) is 2.02. The fraction of sp³-hybridized carbons (Fsp3) is 0.429. The van der Waals surface area contributed by atoms with Crippen LogP contribution in [0.4, 0.5) is 4.79 Å². The van der Waals surface area contributed by atoms with Gasteiger partial charge in [-0.2, -0.15) is 5.10 Å². The predicted octanol–water partition coefficient (Wildman–Crippen LogP) is 3.03. The SMILES string of the molecule is CCOc1ccc(C2=NNC(=O)SC2CC)cc1OC. The highest BCUT2D eigenvalue weighted by Gasteiger charge is 2.25. The number of benzene rings is 1. The highest BCUT2D eigenvalue weighted by atomic mass is 32.2. The molecule has 0 saturated carbocycles. The van der Waals surface area contributed by atoms with Gasteiger partial charge >= 0.3 is 0 Å². The number of methoxy groups -OCH3 is 1. The van der Waals surface area contributed by atoms with Gasteiger partial charge in [-0.05, 0) is 31.5 Å². The van der Waals surface area contributed by atoms with Gasteiger partial charge in [0.1, 0.15) is 0 Å². The Bertz CT molecular complexity index is 531. The van der Waals surface area contributed by atoms with Gasteiger partial charge in [0, 0.05) is 5.56 Å². The summed E-state index contributed by atoms with van der Waals surface area (Å²) in [5, 5.41) is 4.13.